The monoisotopic (exact) mass is 421 g/mol. The van der Waals surface area contributed by atoms with E-state index in [1.165, 1.54) is 19.2 Å². The number of aryl methyl sites for hydroxylation is 1. The second kappa shape index (κ2) is 8.81. The number of rotatable bonds is 8. The fourth-order valence-corrected chi connectivity index (χ4v) is 2.94. The molecule has 3 rings (SSSR count). The average Bonchev–Trinajstić information content (AvgIpc) is 3.51. The number of nitrogens with zero attached hydrogens (tertiary/aromatic N) is 2. The van der Waals surface area contributed by atoms with Crippen LogP contribution in [0.1, 0.15) is 53.0 Å². The Morgan fingerprint density at radius 3 is 2.63 bits per heavy atom. The summed E-state index contributed by atoms with van der Waals surface area (Å²) in [7, 11) is 0. The van der Waals surface area contributed by atoms with Gasteiger partial charge in [-0.1, -0.05) is 0 Å². The number of alkyl halides is 3. The highest BCUT2D eigenvalue weighted by Gasteiger charge is 2.30. The molecule has 1 amide bonds. The molecule has 1 fully saturated rings. The van der Waals surface area contributed by atoms with Gasteiger partial charge in [0.25, 0.3) is 5.91 Å². The first-order chi connectivity index (χ1) is 14.1. The Kier molecular flexibility index (Phi) is 6.38. The van der Waals surface area contributed by atoms with E-state index in [0.717, 1.165) is 18.4 Å². The lowest BCUT2D eigenvalue weighted by Gasteiger charge is -2.16. The lowest BCUT2D eigenvalue weighted by Crippen LogP contribution is -2.27. The maximum atomic E-state index is 12.5. The standard InChI is InChI=1S/C21H22F3N3O3/c1-12-7-16(10-26-20(12)30-11-21(22,23)24)19(29)27-13(2)15-5-6-25-17(8-15)9-18(28)14-3-4-14/h5-8,10,13-14H,3-4,9,11H2,1-2H3,(H,27,29). The van der Waals surface area contributed by atoms with E-state index in [-0.39, 0.29) is 35.6 Å². The van der Waals surface area contributed by atoms with E-state index in [4.69, 9.17) is 0 Å². The lowest BCUT2D eigenvalue weighted by molar-refractivity contribution is -0.154. The van der Waals surface area contributed by atoms with Gasteiger partial charge in [0, 0.05) is 36.0 Å². The van der Waals surface area contributed by atoms with Gasteiger partial charge < -0.3 is 10.1 Å². The molecule has 1 aliphatic carbocycles. The van der Waals surface area contributed by atoms with Crippen LogP contribution in [0.5, 0.6) is 5.88 Å². The number of amides is 1. The van der Waals surface area contributed by atoms with Crippen LogP contribution in [0.25, 0.3) is 0 Å². The van der Waals surface area contributed by atoms with Crippen molar-refractivity contribution < 1.29 is 27.5 Å². The minimum Gasteiger partial charge on any atom is -0.468 e. The number of ether oxygens (including phenoxy) is 1. The van der Waals surface area contributed by atoms with Crippen LogP contribution in [0.15, 0.2) is 30.6 Å². The second-order valence-electron chi connectivity index (χ2n) is 7.44. The van der Waals surface area contributed by atoms with E-state index >= 15 is 0 Å². The Morgan fingerprint density at radius 1 is 1.27 bits per heavy atom. The molecule has 30 heavy (non-hydrogen) atoms. The molecule has 2 aromatic rings. The number of hydrogen-bond acceptors (Lipinski definition) is 5. The van der Waals surface area contributed by atoms with Crippen LogP contribution in [0.3, 0.4) is 0 Å². The SMILES string of the molecule is Cc1cc(C(=O)NC(C)c2ccnc(CC(=O)C3CC3)c2)cnc1OCC(F)(F)F. The molecule has 6 nitrogen and oxygen atoms in total. The van der Waals surface area contributed by atoms with Crippen molar-refractivity contribution in [2.75, 3.05) is 6.61 Å². The van der Waals surface area contributed by atoms with E-state index in [9.17, 15) is 22.8 Å². The topological polar surface area (TPSA) is 81.2 Å². The van der Waals surface area contributed by atoms with Crippen LogP contribution >= 0.6 is 0 Å². The van der Waals surface area contributed by atoms with Gasteiger partial charge in [-0.2, -0.15) is 13.2 Å². The highest BCUT2D eigenvalue weighted by molar-refractivity contribution is 5.94. The first kappa shape index (κ1) is 21.7. The summed E-state index contributed by atoms with van der Waals surface area (Å²) in [5.41, 5.74) is 1.99. The molecule has 1 N–H and O–H groups in total. The van der Waals surface area contributed by atoms with E-state index in [1.807, 2.05) is 0 Å². The first-order valence-corrected chi connectivity index (χ1v) is 9.57. The molecule has 0 saturated heterocycles. The molecular formula is C21H22F3N3O3. The fraction of sp³-hybridized carbons (Fsp3) is 0.429. The summed E-state index contributed by atoms with van der Waals surface area (Å²) in [6.07, 6.45) is 0.476. The predicted molar refractivity (Wildman–Crippen MR) is 102 cm³/mol. The summed E-state index contributed by atoms with van der Waals surface area (Å²) >= 11 is 0. The molecular weight excluding hydrogens is 399 g/mol. The Labute approximate surface area is 171 Å². The number of ketones is 1. The van der Waals surface area contributed by atoms with Crippen molar-refractivity contribution in [2.45, 2.75) is 45.3 Å². The van der Waals surface area contributed by atoms with Gasteiger partial charge >= 0.3 is 6.18 Å². The highest BCUT2D eigenvalue weighted by atomic mass is 19.4. The minimum atomic E-state index is -4.47. The van der Waals surface area contributed by atoms with Crippen LogP contribution in [0.2, 0.25) is 0 Å². The van der Waals surface area contributed by atoms with Gasteiger partial charge in [0.2, 0.25) is 5.88 Å². The summed E-state index contributed by atoms with van der Waals surface area (Å²) < 4.78 is 41.5. The van der Waals surface area contributed by atoms with Gasteiger partial charge in [-0.3, -0.25) is 14.6 Å². The van der Waals surface area contributed by atoms with Gasteiger partial charge in [-0.15, -0.1) is 0 Å². The number of Topliss-reactive ketones (excluding diaryl/α,β-unsaturated/α-hetero) is 1. The number of nitrogens with one attached hydrogen (secondary N) is 1. The van der Waals surface area contributed by atoms with Crippen molar-refractivity contribution in [3.63, 3.8) is 0 Å². The maximum Gasteiger partial charge on any atom is 0.422 e. The second-order valence-corrected chi connectivity index (χ2v) is 7.44. The molecule has 0 radical (unpaired) electrons. The zero-order chi connectivity index (χ0) is 21.9. The van der Waals surface area contributed by atoms with Crippen molar-refractivity contribution in [1.82, 2.24) is 15.3 Å². The molecule has 0 spiro atoms. The Balaban J connectivity index is 1.62. The number of hydrogen-bond donors (Lipinski definition) is 1. The molecule has 0 aromatic carbocycles. The fourth-order valence-electron chi connectivity index (χ4n) is 2.94. The van der Waals surface area contributed by atoms with Crippen molar-refractivity contribution in [3.05, 3.63) is 53.0 Å². The van der Waals surface area contributed by atoms with Crippen LogP contribution in [0, 0.1) is 12.8 Å². The van der Waals surface area contributed by atoms with E-state index in [0.29, 0.717) is 11.3 Å². The zero-order valence-electron chi connectivity index (χ0n) is 16.6. The normalized spacial score (nSPS) is 14.8. The molecule has 160 valence electrons. The van der Waals surface area contributed by atoms with Crippen LogP contribution in [-0.4, -0.2) is 34.4 Å². The summed E-state index contributed by atoms with van der Waals surface area (Å²) in [6, 6.07) is 4.61. The largest absolute Gasteiger partial charge is 0.468 e. The molecule has 2 heterocycles. The van der Waals surface area contributed by atoms with Gasteiger partial charge in [0.1, 0.15) is 5.78 Å². The molecule has 9 heteroatoms. The maximum absolute atomic E-state index is 12.5. The van der Waals surface area contributed by atoms with Crippen LogP contribution < -0.4 is 10.1 Å². The predicted octanol–water partition coefficient (Wildman–Crippen LogP) is 3.74. The molecule has 0 bridgehead atoms. The van der Waals surface area contributed by atoms with Crippen molar-refractivity contribution in [2.24, 2.45) is 5.92 Å². The van der Waals surface area contributed by atoms with Crippen molar-refractivity contribution >= 4 is 11.7 Å². The van der Waals surface area contributed by atoms with Gasteiger partial charge in [-0.25, -0.2) is 4.98 Å². The summed E-state index contributed by atoms with van der Waals surface area (Å²) in [6.45, 7) is 1.86. The zero-order valence-corrected chi connectivity index (χ0v) is 16.6. The quantitative estimate of drug-likeness (QED) is 0.702. The minimum absolute atomic E-state index is 0.159. The number of halogens is 3. The van der Waals surface area contributed by atoms with Gasteiger partial charge in [0.05, 0.1) is 11.6 Å². The Bertz CT molecular complexity index is 943. The van der Waals surface area contributed by atoms with Crippen molar-refractivity contribution in [3.8, 4) is 5.88 Å². The van der Waals surface area contributed by atoms with Gasteiger partial charge in [0.15, 0.2) is 6.61 Å². The third kappa shape index (κ3) is 6.01. The molecule has 1 atom stereocenters. The van der Waals surface area contributed by atoms with Crippen LogP contribution in [0.4, 0.5) is 13.2 Å². The number of aromatic nitrogens is 2. The number of carbonyl (C=O) groups excluding carboxylic acids is 2. The molecule has 1 saturated carbocycles. The third-order valence-corrected chi connectivity index (χ3v) is 4.74. The molecule has 1 aliphatic rings. The summed E-state index contributed by atoms with van der Waals surface area (Å²) in [4.78, 5) is 32.6. The average molecular weight is 421 g/mol. The molecule has 0 aliphatic heterocycles. The van der Waals surface area contributed by atoms with Crippen molar-refractivity contribution in [1.29, 1.82) is 0 Å². The summed E-state index contributed by atoms with van der Waals surface area (Å²) in [5, 5.41) is 2.82. The Hall–Kier alpha value is -2.97. The number of carbonyl (C=O) groups is 2. The van der Waals surface area contributed by atoms with E-state index < -0.39 is 18.7 Å². The number of pyridine rings is 2. The van der Waals surface area contributed by atoms with Crippen LogP contribution in [-0.2, 0) is 11.2 Å². The third-order valence-electron chi connectivity index (χ3n) is 4.74. The first-order valence-electron chi connectivity index (χ1n) is 9.57. The smallest absolute Gasteiger partial charge is 0.422 e. The summed E-state index contributed by atoms with van der Waals surface area (Å²) in [5.74, 6) is -0.249. The van der Waals surface area contributed by atoms with Gasteiger partial charge in [-0.05, 0) is 50.5 Å². The lowest BCUT2D eigenvalue weighted by atomic mass is 10.1. The van der Waals surface area contributed by atoms with E-state index in [2.05, 4.69) is 20.0 Å². The highest BCUT2D eigenvalue weighted by Crippen LogP contribution is 2.31. The Morgan fingerprint density at radius 2 is 2.00 bits per heavy atom. The molecule has 1 unspecified atom stereocenters. The van der Waals surface area contributed by atoms with E-state index in [1.54, 1.807) is 25.3 Å². The molecule has 2 aromatic heterocycles.